The van der Waals surface area contributed by atoms with Crippen molar-refractivity contribution in [3.05, 3.63) is 36.1 Å². The molecule has 0 aliphatic carbocycles. The van der Waals surface area contributed by atoms with Crippen LogP contribution in [0.3, 0.4) is 0 Å². The van der Waals surface area contributed by atoms with Crippen LogP contribution in [0.4, 0.5) is 15.8 Å². The monoisotopic (exact) mass is 411 g/mol. The van der Waals surface area contributed by atoms with Crippen molar-refractivity contribution in [3.63, 3.8) is 0 Å². The van der Waals surface area contributed by atoms with Gasteiger partial charge in [-0.2, -0.15) is 4.72 Å². The number of sulfonamides is 1. The number of halogens is 1. The number of hydrogen-bond acceptors (Lipinski definition) is 7. The molecule has 0 bridgehead atoms. The van der Waals surface area contributed by atoms with Crippen molar-refractivity contribution in [2.75, 3.05) is 32.0 Å². The number of amides is 1. The van der Waals surface area contributed by atoms with Crippen LogP contribution in [-0.4, -0.2) is 41.8 Å². The summed E-state index contributed by atoms with van der Waals surface area (Å²) in [6.45, 7) is 0. The van der Waals surface area contributed by atoms with E-state index in [0.717, 1.165) is 18.2 Å². The highest BCUT2D eigenvalue weighted by Crippen LogP contribution is 2.40. The Labute approximate surface area is 160 Å². The van der Waals surface area contributed by atoms with Crippen LogP contribution in [0, 0.1) is 5.82 Å². The lowest BCUT2D eigenvalue weighted by atomic mass is 10.2. The summed E-state index contributed by atoms with van der Waals surface area (Å²) in [5.41, 5.74) is 0.273. The van der Waals surface area contributed by atoms with Crippen LogP contribution in [0.1, 0.15) is 0 Å². The highest BCUT2D eigenvalue weighted by Gasteiger charge is 2.33. The van der Waals surface area contributed by atoms with Gasteiger partial charge in [-0.05, 0) is 18.2 Å². The van der Waals surface area contributed by atoms with E-state index in [-0.39, 0.29) is 16.3 Å². The number of hydrogen-bond donors (Lipinski definition) is 3. The van der Waals surface area contributed by atoms with Gasteiger partial charge in [0.1, 0.15) is 10.7 Å². The summed E-state index contributed by atoms with van der Waals surface area (Å²) < 4.78 is 56.0. The van der Waals surface area contributed by atoms with Gasteiger partial charge in [-0.1, -0.05) is 0 Å². The second-order valence-corrected chi connectivity index (χ2v) is 7.42. The Morgan fingerprint density at radius 1 is 1.07 bits per heavy atom. The number of carbonyl (C=O) groups is 1. The Morgan fingerprint density at radius 3 is 2.29 bits per heavy atom. The standard InChI is InChI=1S/C17H18FN3O6S/c1-25-12-7-10(8-13(26-2)15(12)27-3)19-17(22)16-20-11-6-9(18)4-5-14(11)28(23,24)21-16/h4-8,16,20-21H,1-3H3,(H,19,22)/t16-/m1/s1. The molecule has 1 aliphatic rings. The molecule has 0 saturated carbocycles. The summed E-state index contributed by atoms with van der Waals surface area (Å²) in [5, 5.41) is 5.22. The Balaban J connectivity index is 1.88. The number of rotatable bonds is 5. The van der Waals surface area contributed by atoms with Crippen LogP contribution < -0.4 is 29.6 Å². The molecule has 0 unspecified atom stereocenters. The molecule has 0 radical (unpaired) electrons. The fraction of sp³-hybridized carbons (Fsp3) is 0.235. The van der Waals surface area contributed by atoms with Gasteiger partial charge in [-0.15, -0.1) is 0 Å². The highest BCUT2D eigenvalue weighted by atomic mass is 32.2. The molecule has 0 aromatic heterocycles. The van der Waals surface area contributed by atoms with Crippen LogP contribution in [0.5, 0.6) is 17.2 Å². The quantitative estimate of drug-likeness (QED) is 0.683. The zero-order chi connectivity index (χ0) is 20.5. The summed E-state index contributed by atoms with van der Waals surface area (Å²) in [6, 6.07) is 6.13. The molecule has 2 aromatic carbocycles. The number of methoxy groups -OCH3 is 3. The van der Waals surface area contributed by atoms with Crippen molar-refractivity contribution in [1.29, 1.82) is 0 Å². The molecule has 150 valence electrons. The van der Waals surface area contributed by atoms with Gasteiger partial charge in [0.15, 0.2) is 17.7 Å². The first-order valence-corrected chi connectivity index (χ1v) is 9.46. The van der Waals surface area contributed by atoms with Gasteiger partial charge in [-0.25, -0.2) is 12.8 Å². The zero-order valence-electron chi connectivity index (χ0n) is 15.2. The predicted molar refractivity (Wildman–Crippen MR) is 98.9 cm³/mol. The Bertz CT molecular complexity index is 1000. The third-order valence-corrected chi connectivity index (χ3v) is 5.48. The minimum atomic E-state index is -3.99. The van der Waals surface area contributed by atoms with Crippen LogP contribution >= 0.6 is 0 Å². The summed E-state index contributed by atoms with van der Waals surface area (Å²) in [7, 11) is 0.293. The largest absolute Gasteiger partial charge is 0.493 e. The maximum Gasteiger partial charge on any atom is 0.262 e. The second kappa shape index (κ2) is 7.52. The number of nitrogens with one attached hydrogen (secondary N) is 3. The second-order valence-electron chi connectivity index (χ2n) is 5.74. The summed E-state index contributed by atoms with van der Waals surface area (Å²) in [6.07, 6.45) is -1.35. The van der Waals surface area contributed by atoms with E-state index in [1.165, 1.54) is 33.5 Å². The van der Waals surface area contributed by atoms with E-state index >= 15 is 0 Å². The fourth-order valence-electron chi connectivity index (χ4n) is 2.74. The summed E-state index contributed by atoms with van der Waals surface area (Å²) in [4.78, 5) is 12.4. The van der Waals surface area contributed by atoms with E-state index in [2.05, 4.69) is 15.4 Å². The van der Waals surface area contributed by atoms with E-state index < -0.39 is 27.9 Å². The highest BCUT2D eigenvalue weighted by molar-refractivity contribution is 7.89. The third-order valence-electron chi connectivity index (χ3n) is 4.00. The normalized spacial score (nSPS) is 17.1. The van der Waals surface area contributed by atoms with Crippen molar-refractivity contribution in [2.24, 2.45) is 0 Å². The maximum absolute atomic E-state index is 13.5. The summed E-state index contributed by atoms with van der Waals surface area (Å²) >= 11 is 0. The van der Waals surface area contributed by atoms with Crippen LogP contribution in [0.2, 0.25) is 0 Å². The fourth-order valence-corrected chi connectivity index (χ4v) is 4.00. The Kier molecular flexibility index (Phi) is 5.29. The average molecular weight is 411 g/mol. The lowest BCUT2D eigenvalue weighted by Gasteiger charge is -2.27. The van der Waals surface area contributed by atoms with Gasteiger partial charge in [0.25, 0.3) is 5.91 Å². The number of anilines is 2. The number of ether oxygens (including phenoxy) is 3. The van der Waals surface area contributed by atoms with Gasteiger partial charge in [0.05, 0.1) is 27.0 Å². The van der Waals surface area contributed by atoms with Gasteiger partial charge < -0.3 is 24.8 Å². The topological polar surface area (TPSA) is 115 Å². The van der Waals surface area contributed by atoms with Crippen LogP contribution in [0.25, 0.3) is 0 Å². The number of fused-ring (bicyclic) bond motifs is 1. The molecule has 0 saturated heterocycles. The molecule has 0 fully saturated rings. The zero-order valence-corrected chi connectivity index (χ0v) is 16.0. The molecule has 1 atom stereocenters. The van der Waals surface area contributed by atoms with Crippen molar-refractivity contribution < 1.29 is 31.8 Å². The molecule has 0 spiro atoms. The van der Waals surface area contributed by atoms with Crippen molar-refractivity contribution in [2.45, 2.75) is 11.1 Å². The molecule has 2 aromatic rings. The molecule has 1 heterocycles. The van der Waals surface area contributed by atoms with Crippen molar-refractivity contribution in [1.82, 2.24) is 4.72 Å². The minimum Gasteiger partial charge on any atom is -0.493 e. The third kappa shape index (κ3) is 3.66. The SMILES string of the molecule is COc1cc(NC(=O)[C@@H]2Nc3cc(F)ccc3S(=O)(=O)N2)cc(OC)c1OC. The van der Waals surface area contributed by atoms with E-state index in [4.69, 9.17) is 14.2 Å². The number of benzene rings is 2. The Morgan fingerprint density at radius 2 is 1.71 bits per heavy atom. The minimum absolute atomic E-state index is 0.0104. The van der Waals surface area contributed by atoms with Gasteiger partial charge in [-0.3, -0.25) is 4.79 Å². The molecular formula is C17H18FN3O6S. The maximum atomic E-state index is 13.5. The molecule has 11 heteroatoms. The van der Waals surface area contributed by atoms with Crippen LogP contribution in [0.15, 0.2) is 35.2 Å². The van der Waals surface area contributed by atoms with E-state index in [0.29, 0.717) is 17.2 Å². The summed E-state index contributed by atoms with van der Waals surface area (Å²) in [5.74, 6) is -0.396. The lowest BCUT2D eigenvalue weighted by Crippen LogP contribution is -2.51. The van der Waals surface area contributed by atoms with Crippen LogP contribution in [-0.2, 0) is 14.8 Å². The van der Waals surface area contributed by atoms with E-state index in [9.17, 15) is 17.6 Å². The smallest absolute Gasteiger partial charge is 0.262 e. The lowest BCUT2D eigenvalue weighted by molar-refractivity contribution is -0.117. The van der Waals surface area contributed by atoms with E-state index in [1.807, 2.05) is 0 Å². The molecule has 1 aliphatic heterocycles. The molecule has 3 rings (SSSR count). The first-order valence-electron chi connectivity index (χ1n) is 7.98. The molecule has 3 N–H and O–H groups in total. The Hall–Kier alpha value is -3.05. The average Bonchev–Trinajstić information content (AvgIpc) is 2.65. The molecule has 28 heavy (non-hydrogen) atoms. The van der Waals surface area contributed by atoms with E-state index in [1.54, 1.807) is 0 Å². The molecule has 1 amide bonds. The number of carbonyl (C=O) groups excluding carboxylic acids is 1. The first-order chi connectivity index (χ1) is 13.3. The van der Waals surface area contributed by atoms with Gasteiger partial charge in [0, 0.05) is 17.8 Å². The van der Waals surface area contributed by atoms with Gasteiger partial charge >= 0.3 is 0 Å². The molecule has 9 nitrogen and oxygen atoms in total. The van der Waals surface area contributed by atoms with Gasteiger partial charge in [0.2, 0.25) is 15.8 Å². The van der Waals surface area contributed by atoms with Crippen molar-refractivity contribution in [3.8, 4) is 17.2 Å². The first kappa shape index (κ1) is 19.7. The predicted octanol–water partition coefficient (Wildman–Crippen LogP) is 1.52. The van der Waals surface area contributed by atoms with Crippen molar-refractivity contribution >= 4 is 27.3 Å². The molecular weight excluding hydrogens is 393 g/mol.